The van der Waals surface area contributed by atoms with Crippen molar-refractivity contribution in [3.8, 4) is 11.8 Å². The number of aliphatic imine (C=N–C) groups is 1. The van der Waals surface area contributed by atoms with Crippen LogP contribution in [-0.2, 0) is 4.74 Å². The van der Waals surface area contributed by atoms with Gasteiger partial charge in [0.15, 0.2) is 0 Å². The molecule has 2 heterocycles. The van der Waals surface area contributed by atoms with Gasteiger partial charge in [0.2, 0.25) is 0 Å². The first-order valence-corrected chi connectivity index (χ1v) is 9.74. The van der Waals surface area contributed by atoms with E-state index in [9.17, 15) is 5.26 Å². The van der Waals surface area contributed by atoms with Gasteiger partial charge in [0.25, 0.3) is 0 Å². The van der Waals surface area contributed by atoms with Gasteiger partial charge in [-0.25, -0.2) is 0 Å². The molecular formula is C22H28N6O2. The van der Waals surface area contributed by atoms with E-state index in [-0.39, 0.29) is 6.10 Å². The van der Waals surface area contributed by atoms with Gasteiger partial charge in [-0.2, -0.15) is 5.26 Å². The third-order valence-corrected chi connectivity index (χ3v) is 5.31. The Kier molecular flexibility index (Phi) is 6.77. The first kappa shape index (κ1) is 21.4. The Balaban J connectivity index is 2.10. The summed E-state index contributed by atoms with van der Waals surface area (Å²) in [6.45, 7) is 1.70. The highest BCUT2D eigenvalue weighted by Gasteiger charge is 2.26. The molecular weight excluding hydrogens is 380 g/mol. The quantitative estimate of drug-likeness (QED) is 0.610. The van der Waals surface area contributed by atoms with Crippen LogP contribution < -0.4 is 26.4 Å². The van der Waals surface area contributed by atoms with Gasteiger partial charge in [-0.15, -0.1) is 0 Å². The maximum atomic E-state index is 9.97. The second kappa shape index (κ2) is 9.48. The molecule has 0 saturated carbocycles. The van der Waals surface area contributed by atoms with Gasteiger partial charge in [0, 0.05) is 62.6 Å². The van der Waals surface area contributed by atoms with E-state index < -0.39 is 6.17 Å². The Bertz CT molecular complexity index is 957. The standard InChI is InChI=1S/C22H28N6O2/c1-26-12-15(10-23)22-20(11-24)19(9-21(25)27-22)14-6-16(8-18(7-14)30-3)28-5-4-17(13-28)29-2/h6-10,12,17,21,27H,4-5,13,23,25H2,1-3H3. The minimum atomic E-state index is -0.480. The van der Waals surface area contributed by atoms with Crippen molar-refractivity contribution < 1.29 is 9.47 Å². The predicted octanol–water partition coefficient (Wildman–Crippen LogP) is 1.51. The second-order valence-electron chi connectivity index (χ2n) is 7.13. The van der Waals surface area contributed by atoms with Crippen LogP contribution in [0, 0.1) is 11.3 Å². The van der Waals surface area contributed by atoms with Crippen molar-refractivity contribution in [2.75, 3.05) is 39.3 Å². The van der Waals surface area contributed by atoms with Gasteiger partial charge in [-0.05, 0) is 30.2 Å². The van der Waals surface area contributed by atoms with Crippen LogP contribution in [0.5, 0.6) is 5.75 Å². The summed E-state index contributed by atoms with van der Waals surface area (Å²) in [5, 5.41) is 13.1. The van der Waals surface area contributed by atoms with Crippen LogP contribution in [-0.4, -0.2) is 52.8 Å². The number of rotatable bonds is 6. The summed E-state index contributed by atoms with van der Waals surface area (Å²) in [5.74, 6) is 0.708. The molecule has 2 aliphatic rings. The summed E-state index contributed by atoms with van der Waals surface area (Å²) >= 11 is 0. The Morgan fingerprint density at radius 2 is 2.17 bits per heavy atom. The normalized spacial score (nSPS) is 22.2. The molecule has 0 spiro atoms. The van der Waals surface area contributed by atoms with E-state index in [1.165, 1.54) is 6.20 Å². The van der Waals surface area contributed by atoms with Gasteiger partial charge < -0.3 is 31.2 Å². The van der Waals surface area contributed by atoms with Crippen LogP contribution >= 0.6 is 0 Å². The maximum Gasteiger partial charge on any atom is 0.121 e. The third-order valence-electron chi connectivity index (χ3n) is 5.31. The molecule has 0 amide bonds. The molecule has 0 aromatic heterocycles. The van der Waals surface area contributed by atoms with Crippen LogP contribution in [0.2, 0.25) is 0 Å². The number of nitriles is 1. The smallest absolute Gasteiger partial charge is 0.121 e. The van der Waals surface area contributed by atoms with Crippen molar-refractivity contribution in [1.82, 2.24) is 5.32 Å². The van der Waals surface area contributed by atoms with E-state index in [4.69, 9.17) is 20.9 Å². The molecule has 3 rings (SSSR count). The highest BCUT2D eigenvalue weighted by molar-refractivity contribution is 5.93. The summed E-state index contributed by atoms with van der Waals surface area (Å²) in [6.07, 6.45) is 5.54. The summed E-state index contributed by atoms with van der Waals surface area (Å²) in [7, 11) is 5.01. The Hall–Kier alpha value is -3.28. The number of nitrogens with zero attached hydrogens (tertiary/aromatic N) is 3. The molecule has 0 aliphatic carbocycles. The summed E-state index contributed by atoms with van der Waals surface area (Å²) < 4.78 is 11.0. The van der Waals surface area contributed by atoms with Gasteiger partial charge in [-0.3, -0.25) is 4.99 Å². The first-order valence-electron chi connectivity index (χ1n) is 9.74. The van der Waals surface area contributed by atoms with Crippen LogP contribution in [0.3, 0.4) is 0 Å². The zero-order valence-electron chi connectivity index (χ0n) is 17.6. The first-order chi connectivity index (χ1) is 14.5. The van der Waals surface area contributed by atoms with Crippen LogP contribution in [0.15, 0.2) is 52.3 Å². The fourth-order valence-corrected chi connectivity index (χ4v) is 3.79. The van der Waals surface area contributed by atoms with Crippen LogP contribution in [0.25, 0.3) is 5.57 Å². The third kappa shape index (κ3) is 4.32. The summed E-state index contributed by atoms with van der Waals surface area (Å²) in [4.78, 5) is 6.28. The zero-order chi connectivity index (χ0) is 21.7. The molecule has 0 bridgehead atoms. The lowest BCUT2D eigenvalue weighted by atomic mass is 9.91. The number of benzene rings is 1. The molecule has 2 atom stereocenters. The minimum absolute atomic E-state index is 0.206. The lowest BCUT2D eigenvalue weighted by Gasteiger charge is -2.26. The number of anilines is 1. The van der Waals surface area contributed by atoms with Gasteiger partial charge in [0.1, 0.15) is 11.8 Å². The van der Waals surface area contributed by atoms with E-state index in [2.05, 4.69) is 27.3 Å². The van der Waals surface area contributed by atoms with Crippen LogP contribution in [0.4, 0.5) is 5.69 Å². The molecule has 0 radical (unpaired) electrons. The van der Waals surface area contributed by atoms with Crippen molar-refractivity contribution in [1.29, 1.82) is 5.26 Å². The van der Waals surface area contributed by atoms with Crippen molar-refractivity contribution >= 4 is 17.5 Å². The largest absolute Gasteiger partial charge is 0.497 e. The van der Waals surface area contributed by atoms with Crippen molar-refractivity contribution in [3.63, 3.8) is 0 Å². The van der Waals surface area contributed by atoms with Crippen molar-refractivity contribution in [3.05, 3.63) is 52.9 Å². The number of ether oxygens (including phenoxy) is 2. The number of dihydropyridines is 1. The second-order valence-corrected chi connectivity index (χ2v) is 7.13. The van der Waals surface area contributed by atoms with E-state index in [1.54, 1.807) is 27.5 Å². The predicted molar refractivity (Wildman–Crippen MR) is 119 cm³/mol. The fourth-order valence-electron chi connectivity index (χ4n) is 3.79. The monoisotopic (exact) mass is 408 g/mol. The number of methoxy groups -OCH3 is 2. The SMILES string of the molecule is CN=CC(=CN)C1=C(C#N)C(c2cc(OC)cc(N3CCC(OC)C3)c2)=CC(N)N1. The van der Waals surface area contributed by atoms with Gasteiger partial charge in [-0.1, -0.05) is 0 Å². The fraction of sp³-hybridized carbons (Fsp3) is 0.364. The van der Waals surface area contributed by atoms with E-state index >= 15 is 0 Å². The maximum absolute atomic E-state index is 9.97. The van der Waals surface area contributed by atoms with E-state index in [0.29, 0.717) is 22.6 Å². The molecule has 30 heavy (non-hydrogen) atoms. The molecule has 158 valence electrons. The topological polar surface area (TPSA) is 122 Å². The highest BCUT2D eigenvalue weighted by Crippen LogP contribution is 2.35. The molecule has 2 aliphatic heterocycles. The Morgan fingerprint density at radius 3 is 2.77 bits per heavy atom. The Labute approximate surface area is 177 Å². The Morgan fingerprint density at radius 1 is 1.37 bits per heavy atom. The average Bonchev–Trinajstić information content (AvgIpc) is 3.26. The molecule has 1 aromatic carbocycles. The number of allylic oxidation sites excluding steroid dienone is 3. The molecule has 1 aromatic rings. The molecule has 5 N–H and O–H groups in total. The highest BCUT2D eigenvalue weighted by atomic mass is 16.5. The van der Waals surface area contributed by atoms with E-state index in [1.807, 2.05) is 18.2 Å². The average molecular weight is 409 g/mol. The summed E-state index contributed by atoms with van der Waals surface area (Å²) in [5.41, 5.74) is 16.2. The number of nitrogens with one attached hydrogen (secondary N) is 1. The zero-order valence-corrected chi connectivity index (χ0v) is 17.6. The minimum Gasteiger partial charge on any atom is -0.497 e. The van der Waals surface area contributed by atoms with Crippen LogP contribution in [0.1, 0.15) is 12.0 Å². The molecule has 2 unspecified atom stereocenters. The molecule has 1 fully saturated rings. The van der Waals surface area contributed by atoms with E-state index in [0.717, 1.165) is 36.3 Å². The van der Waals surface area contributed by atoms with Gasteiger partial charge >= 0.3 is 0 Å². The number of nitrogens with two attached hydrogens (primary N) is 2. The lowest BCUT2D eigenvalue weighted by Crippen LogP contribution is -2.39. The van der Waals surface area contributed by atoms with Gasteiger partial charge in [0.05, 0.1) is 30.6 Å². The van der Waals surface area contributed by atoms with Crippen molar-refractivity contribution in [2.24, 2.45) is 16.5 Å². The lowest BCUT2D eigenvalue weighted by molar-refractivity contribution is 0.121. The van der Waals surface area contributed by atoms with Crippen molar-refractivity contribution in [2.45, 2.75) is 18.7 Å². The summed E-state index contributed by atoms with van der Waals surface area (Å²) in [6, 6.07) is 8.26. The molecule has 8 heteroatoms. The molecule has 1 saturated heterocycles. The number of hydrogen-bond acceptors (Lipinski definition) is 8. The number of hydrogen-bond donors (Lipinski definition) is 3. The molecule has 8 nitrogen and oxygen atoms in total.